The Hall–Kier alpha value is -3.52. The van der Waals surface area contributed by atoms with E-state index in [2.05, 4.69) is 87.5 Å². The molecule has 0 amide bonds. The second-order valence-corrected chi connectivity index (χ2v) is 8.44. The van der Waals surface area contributed by atoms with Gasteiger partial charge in [-0.2, -0.15) is 0 Å². The zero-order chi connectivity index (χ0) is 20.4. The van der Waals surface area contributed by atoms with Crippen molar-refractivity contribution in [1.82, 2.24) is 0 Å². The highest BCUT2D eigenvalue weighted by molar-refractivity contribution is 6.06. The molecule has 0 aliphatic heterocycles. The molecule has 6 aromatic rings. The Balaban J connectivity index is 1.45. The highest BCUT2D eigenvalue weighted by Gasteiger charge is 2.13. The summed E-state index contributed by atoms with van der Waals surface area (Å²) in [7, 11) is 0. The Bertz CT molecular complexity index is 1590. The van der Waals surface area contributed by atoms with E-state index in [9.17, 15) is 0 Å². The van der Waals surface area contributed by atoms with Gasteiger partial charge in [0.1, 0.15) is 22.3 Å². The average molecular weight is 390 g/mol. The number of hydrogen-bond acceptors (Lipinski definition) is 2. The Morgan fingerprint density at radius 3 is 2.33 bits per heavy atom. The molecule has 0 aliphatic rings. The smallest absolute Gasteiger partial charge is 0.138 e. The van der Waals surface area contributed by atoms with Crippen LogP contribution in [0.3, 0.4) is 0 Å². The van der Waals surface area contributed by atoms with Crippen molar-refractivity contribution in [2.24, 2.45) is 0 Å². The summed E-state index contributed by atoms with van der Waals surface area (Å²) in [5.74, 6) is 0. The van der Waals surface area contributed by atoms with Crippen LogP contribution in [0.5, 0.6) is 0 Å². The van der Waals surface area contributed by atoms with Crippen LogP contribution >= 0.6 is 0 Å². The highest BCUT2D eigenvalue weighted by atomic mass is 16.3. The van der Waals surface area contributed by atoms with Gasteiger partial charge >= 0.3 is 0 Å². The van der Waals surface area contributed by atoms with E-state index in [1.807, 2.05) is 0 Å². The fourth-order valence-electron chi connectivity index (χ4n) is 4.59. The second-order valence-electron chi connectivity index (χ2n) is 8.44. The van der Waals surface area contributed by atoms with Gasteiger partial charge in [-0.3, -0.25) is 0 Å². The Labute approximate surface area is 174 Å². The van der Waals surface area contributed by atoms with Gasteiger partial charge in [-0.15, -0.1) is 0 Å². The van der Waals surface area contributed by atoms with Crippen molar-refractivity contribution in [2.45, 2.75) is 27.2 Å². The van der Waals surface area contributed by atoms with Crippen molar-refractivity contribution >= 4 is 43.9 Å². The molecular weight excluding hydrogens is 368 g/mol. The van der Waals surface area contributed by atoms with Crippen LogP contribution in [-0.2, 0) is 6.42 Å². The number of fused-ring (bicyclic) bond motifs is 6. The third-order valence-corrected chi connectivity index (χ3v) is 6.24. The van der Waals surface area contributed by atoms with Crippen molar-refractivity contribution in [2.75, 3.05) is 0 Å². The SMILES string of the molecule is Cc1ccc2oc3cc(Cc4cc5oc6c(C)cccc6c5cc4C)ccc3c2c1. The van der Waals surface area contributed by atoms with Gasteiger partial charge < -0.3 is 8.83 Å². The molecule has 0 spiro atoms. The van der Waals surface area contributed by atoms with Crippen LogP contribution in [0, 0.1) is 20.8 Å². The third kappa shape index (κ3) is 2.57. The van der Waals surface area contributed by atoms with Gasteiger partial charge in [0.2, 0.25) is 0 Å². The second kappa shape index (κ2) is 6.24. The van der Waals surface area contributed by atoms with E-state index in [-0.39, 0.29) is 0 Å². The number of hydrogen-bond donors (Lipinski definition) is 0. The molecule has 0 saturated heterocycles. The summed E-state index contributed by atoms with van der Waals surface area (Å²) in [5.41, 5.74) is 10.1. The van der Waals surface area contributed by atoms with Gasteiger partial charge in [0.05, 0.1) is 0 Å². The van der Waals surface area contributed by atoms with Crippen LogP contribution in [0.1, 0.15) is 27.8 Å². The van der Waals surface area contributed by atoms with Gasteiger partial charge in [-0.25, -0.2) is 0 Å². The Morgan fingerprint density at radius 1 is 0.600 bits per heavy atom. The minimum absolute atomic E-state index is 0.851. The normalized spacial score (nSPS) is 12.0. The summed E-state index contributed by atoms with van der Waals surface area (Å²) >= 11 is 0. The zero-order valence-corrected chi connectivity index (χ0v) is 17.4. The lowest BCUT2D eigenvalue weighted by atomic mass is 9.97. The van der Waals surface area contributed by atoms with E-state index in [1.165, 1.54) is 49.4 Å². The highest BCUT2D eigenvalue weighted by Crippen LogP contribution is 2.34. The molecule has 0 unspecified atom stereocenters. The lowest BCUT2D eigenvalue weighted by Crippen LogP contribution is -1.91. The molecule has 0 saturated carbocycles. The summed E-state index contributed by atoms with van der Waals surface area (Å²) in [6, 6.07) is 23.7. The zero-order valence-electron chi connectivity index (χ0n) is 17.4. The summed E-state index contributed by atoms with van der Waals surface area (Å²) in [6.07, 6.45) is 0.851. The molecule has 0 fully saturated rings. The number of benzene rings is 4. The fraction of sp³-hybridized carbons (Fsp3) is 0.143. The first-order valence-electron chi connectivity index (χ1n) is 10.4. The van der Waals surface area contributed by atoms with E-state index >= 15 is 0 Å². The molecule has 0 radical (unpaired) electrons. The van der Waals surface area contributed by atoms with Gasteiger partial charge in [-0.05, 0) is 79.8 Å². The predicted octanol–water partition coefficient (Wildman–Crippen LogP) is 8.00. The molecule has 2 heterocycles. The molecule has 2 aromatic heterocycles. The van der Waals surface area contributed by atoms with E-state index in [4.69, 9.17) is 8.83 Å². The molecule has 4 aromatic carbocycles. The molecule has 2 heteroatoms. The summed E-state index contributed by atoms with van der Waals surface area (Å²) in [4.78, 5) is 0. The minimum atomic E-state index is 0.851. The minimum Gasteiger partial charge on any atom is -0.456 e. The van der Waals surface area contributed by atoms with Gasteiger partial charge in [0, 0.05) is 21.5 Å². The monoisotopic (exact) mass is 390 g/mol. The molecule has 30 heavy (non-hydrogen) atoms. The molecule has 0 bridgehead atoms. The van der Waals surface area contributed by atoms with Crippen LogP contribution in [0.2, 0.25) is 0 Å². The fourth-order valence-corrected chi connectivity index (χ4v) is 4.59. The van der Waals surface area contributed by atoms with Crippen molar-refractivity contribution in [3.05, 3.63) is 94.5 Å². The van der Waals surface area contributed by atoms with Gasteiger partial charge in [0.15, 0.2) is 0 Å². The summed E-state index contributed by atoms with van der Waals surface area (Å²) < 4.78 is 12.3. The summed E-state index contributed by atoms with van der Waals surface area (Å²) in [5, 5.41) is 4.75. The van der Waals surface area contributed by atoms with Crippen LogP contribution in [0.25, 0.3) is 43.9 Å². The number of furan rings is 2. The van der Waals surface area contributed by atoms with Gasteiger partial charge in [-0.1, -0.05) is 42.0 Å². The number of para-hydroxylation sites is 1. The maximum atomic E-state index is 6.22. The first-order chi connectivity index (χ1) is 14.6. The van der Waals surface area contributed by atoms with E-state index in [0.29, 0.717) is 0 Å². The Morgan fingerprint density at radius 2 is 1.43 bits per heavy atom. The van der Waals surface area contributed by atoms with Crippen molar-refractivity contribution < 1.29 is 8.83 Å². The topological polar surface area (TPSA) is 26.3 Å². The van der Waals surface area contributed by atoms with Crippen LogP contribution < -0.4 is 0 Å². The quantitative estimate of drug-likeness (QED) is 0.299. The predicted molar refractivity (Wildman–Crippen MR) is 124 cm³/mol. The van der Waals surface area contributed by atoms with E-state index in [1.54, 1.807) is 0 Å². The van der Waals surface area contributed by atoms with E-state index < -0.39 is 0 Å². The van der Waals surface area contributed by atoms with E-state index in [0.717, 1.165) is 28.8 Å². The largest absolute Gasteiger partial charge is 0.456 e. The molecule has 0 atom stereocenters. The first-order valence-corrected chi connectivity index (χ1v) is 10.4. The Kier molecular flexibility index (Phi) is 3.61. The lowest BCUT2D eigenvalue weighted by Gasteiger charge is -2.06. The molecule has 6 rings (SSSR count). The van der Waals surface area contributed by atoms with Crippen molar-refractivity contribution in [3.63, 3.8) is 0 Å². The number of aryl methyl sites for hydroxylation is 3. The van der Waals surface area contributed by atoms with Crippen molar-refractivity contribution in [3.8, 4) is 0 Å². The van der Waals surface area contributed by atoms with Crippen LogP contribution in [0.15, 0.2) is 75.6 Å². The summed E-state index contributed by atoms with van der Waals surface area (Å²) in [6.45, 7) is 6.40. The molecule has 0 N–H and O–H groups in total. The number of rotatable bonds is 2. The lowest BCUT2D eigenvalue weighted by molar-refractivity contribution is 0.665. The third-order valence-electron chi connectivity index (χ3n) is 6.24. The maximum absolute atomic E-state index is 6.22. The van der Waals surface area contributed by atoms with Gasteiger partial charge in [0.25, 0.3) is 0 Å². The van der Waals surface area contributed by atoms with Crippen LogP contribution in [-0.4, -0.2) is 0 Å². The first kappa shape index (κ1) is 17.3. The molecule has 2 nitrogen and oxygen atoms in total. The average Bonchev–Trinajstić information content (AvgIpc) is 3.26. The molecule has 146 valence electrons. The molecular formula is C28H22O2. The van der Waals surface area contributed by atoms with Crippen molar-refractivity contribution in [1.29, 1.82) is 0 Å². The molecule has 0 aliphatic carbocycles. The maximum Gasteiger partial charge on any atom is 0.138 e. The van der Waals surface area contributed by atoms with Crippen LogP contribution in [0.4, 0.5) is 0 Å². The standard InChI is InChI=1S/C28H22O2/c1-16-7-10-25-23(11-16)21-9-8-19(14-26(21)29-25)13-20-15-27-24(12-18(20)3)22-6-4-5-17(2)28(22)30-27/h4-12,14-15H,13H2,1-3H3.